The fraction of sp³-hybridized carbons (Fsp3) is 0.226. The van der Waals surface area contributed by atoms with Crippen LogP contribution >= 0.6 is 11.6 Å². The van der Waals surface area contributed by atoms with Crippen LogP contribution in [0.2, 0.25) is 5.02 Å². The Hall–Kier alpha value is -4.12. The van der Waals surface area contributed by atoms with E-state index in [2.05, 4.69) is 17.2 Å². The van der Waals surface area contributed by atoms with Gasteiger partial charge in [0.25, 0.3) is 5.91 Å². The number of hydrogen-bond acceptors (Lipinski definition) is 6. The van der Waals surface area contributed by atoms with Gasteiger partial charge in [0, 0.05) is 40.7 Å². The number of hydrogen-bond donors (Lipinski definition) is 1. The molecule has 2 N–H and O–H groups in total. The second kappa shape index (κ2) is 11.3. The van der Waals surface area contributed by atoms with Gasteiger partial charge in [-0.2, -0.15) is 0 Å². The molecule has 1 aliphatic rings. The van der Waals surface area contributed by atoms with Crippen molar-refractivity contribution >= 4 is 38.4 Å². The molecule has 2 aromatic heterocycles. The standard InChI is InChI=1S/C31H29ClN6O3S/c1-20-16-23(30-19-37(36-35-30)18-21-6-12-25(13-7-21)42(33,40)41)14-15-38(20)31(39)27-17-29(22-8-10-24(32)11-9-22)34-28-5-3-2-4-26(27)28/h2-13,17,19-20,23H,14-16,18H2,1H3,(H2,33,40,41). The Morgan fingerprint density at radius 2 is 1.79 bits per heavy atom. The summed E-state index contributed by atoms with van der Waals surface area (Å²) in [6.45, 7) is 3.13. The number of pyridine rings is 1. The van der Waals surface area contributed by atoms with E-state index in [1.807, 2.05) is 65.7 Å². The first kappa shape index (κ1) is 28.0. The number of nitrogens with zero attached hydrogens (tertiary/aromatic N) is 5. The highest BCUT2D eigenvalue weighted by molar-refractivity contribution is 7.89. The van der Waals surface area contributed by atoms with Crippen LogP contribution in [0.4, 0.5) is 0 Å². The number of para-hydroxylation sites is 1. The smallest absolute Gasteiger partial charge is 0.254 e. The van der Waals surface area contributed by atoms with Gasteiger partial charge in [-0.25, -0.2) is 23.2 Å². The normalized spacial score (nSPS) is 17.5. The fourth-order valence-electron chi connectivity index (χ4n) is 5.57. The first-order valence-corrected chi connectivity index (χ1v) is 15.6. The number of amides is 1. The van der Waals surface area contributed by atoms with Gasteiger partial charge in [0.2, 0.25) is 10.0 Å². The molecule has 214 valence electrons. The third kappa shape index (κ3) is 5.78. The quantitative estimate of drug-likeness (QED) is 0.284. The molecule has 5 aromatic rings. The molecule has 2 unspecified atom stereocenters. The van der Waals surface area contributed by atoms with Crippen LogP contribution < -0.4 is 5.14 Å². The Bertz CT molecular complexity index is 1870. The summed E-state index contributed by atoms with van der Waals surface area (Å²) in [5.74, 6) is 0.155. The molecule has 0 bridgehead atoms. The third-order valence-corrected chi connectivity index (χ3v) is 8.98. The first-order chi connectivity index (χ1) is 20.2. The summed E-state index contributed by atoms with van der Waals surface area (Å²) >= 11 is 6.09. The number of piperidine rings is 1. The van der Waals surface area contributed by atoms with Crippen molar-refractivity contribution in [3.63, 3.8) is 0 Å². The SMILES string of the molecule is CC1CC(c2cn(Cc3ccc(S(N)(=O)=O)cc3)nn2)CCN1C(=O)c1cc(-c2ccc(Cl)cc2)nc2ccccc12. The number of rotatable bonds is 6. The molecule has 0 aliphatic carbocycles. The van der Waals surface area contributed by atoms with Crippen LogP contribution in [0.1, 0.15) is 47.3 Å². The van der Waals surface area contributed by atoms with Gasteiger partial charge in [0.1, 0.15) is 0 Å². The zero-order chi connectivity index (χ0) is 29.4. The van der Waals surface area contributed by atoms with Gasteiger partial charge in [-0.1, -0.05) is 59.3 Å². The Balaban J connectivity index is 1.18. The van der Waals surface area contributed by atoms with E-state index in [0.717, 1.165) is 46.3 Å². The largest absolute Gasteiger partial charge is 0.336 e. The lowest BCUT2D eigenvalue weighted by Crippen LogP contribution is -2.44. The zero-order valence-electron chi connectivity index (χ0n) is 22.9. The predicted molar refractivity (Wildman–Crippen MR) is 162 cm³/mol. The molecule has 0 radical (unpaired) electrons. The number of halogens is 1. The van der Waals surface area contributed by atoms with Crippen molar-refractivity contribution in [1.29, 1.82) is 0 Å². The Labute approximate surface area is 249 Å². The lowest BCUT2D eigenvalue weighted by Gasteiger charge is -2.37. The average Bonchev–Trinajstić information content (AvgIpc) is 3.45. The van der Waals surface area contributed by atoms with Crippen molar-refractivity contribution in [2.75, 3.05) is 6.54 Å². The number of likely N-dealkylation sites (tertiary alicyclic amines) is 1. The summed E-state index contributed by atoms with van der Waals surface area (Å²) in [4.78, 5) is 20.8. The number of primary sulfonamides is 1. The van der Waals surface area contributed by atoms with Crippen LogP contribution in [-0.4, -0.2) is 51.8 Å². The van der Waals surface area contributed by atoms with E-state index in [4.69, 9.17) is 21.7 Å². The number of nitrogens with two attached hydrogens (primary N) is 1. The summed E-state index contributed by atoms with van der Waals surface area (Å²) in [6, 6.07) is 23.5. The Morgan fingerprint density at radius 3 is 2.50 bits per heavy atom. The summed E-state index contributed by atoms with van der Waals surface area (Å²) < 4.78 is 24.8. The van der Waals surface area contributed by atoms with Crippen LogP contribution in [0.3, 0.4) is 0 Å². The molecule has 1 amide bonds. The highest BCUT2D eigenvalue weighted by Crippen LogP contribution is 2.33. The average molecular weight is 601 g/mol. The van der Waals surface area contributed by atoms with Gasteiger partial charge in [-0.3, -0.25) is 4.79 Å². The van der Waals surface area contributed by atoms with Crippen LogP contribution in [0.25, 0.3) is 22.2 Å². The molecule has 2 atom stereocenters. The van der Waals surface area contributed by atoms with E-state index in [1.54, 1.807) is 16.8 Å². The van der Waals surface area contributed by atoms with E-state index in [0.29, 0.717) is 23.7 Å². The summed E-state index contributed by atoms with van der Waals surface area (Å²) in [6.07, 6.45) is 3.46. The molecule has 11 heteroatoms. The van der Waals surface area contributed by atoms with E-state index >= 15 is 0 Å². The number of benzene rings is 3. The topological polar surface area (TPSA) is 124 Å². The summed E-state index contributed by atoms with van der Waals surface area (Å²) in [7, 11) is -3.73. The molecule has 1 fully saturated rings. The summed E-state index contributed by atoms with van der Waals surface area (Å²) in [5.41, 5.74) is 4.80. The van der Waals surface area contributed by atoms with E-state index in [-0.39, 0.29) is 22.8 Å². The molecule has 0 spiro atoms. The predicted octanol–water partition coefficient (Wildman–Crippen LogP) is 5.25. The van der Waals surface area contributed by atoms with Crippen molar-refractivity contribution in [2.24, 2.45) is 5.14 Å². The van der Waals surface area contributed by atoms with Gasteiger partial charge < -0.3 is 4.90 Å². The monoisotopic (exact) mass is 600 g/mol. The number of carbonyl (C=O) groups is 1. The van der Waals surface area contributed by atoms with Crippen molar-refractivity contribution in [3.05, 3.63) is 107 Å². The van der Waals surface area contributed by atoms with Gasteiger partial charge in [0.15, 0.2) is 0 Å². The van der Waals surface area contributed by atoms with Gasteiger partial charge in [-0.15, -0.1) is 5.10 Å². The number of sulfonamides is 1. The van der Waals surface area contributed by atoms with Crippen molar-refractivity contribution in [3.8, 4) is 11.3 Å². The minimum Gasteiger partial charge on any atom is -0.336 e. The minimum atomic E-state index is -3.73. The van der Waals surface area contributed by atoms with Gasteiger partial charge in [0.05, 0.1) is 33.9 Å². The lowest BCUT2D eigenvalue weighted by atomic mass is 9.88. The third-order valence-electron chi connectivity index (χ3n) is 7.79. The minimum absolute atomic E-state index is 0.00179. The van der Waals surface area contributed by atoms with Crippen LogP contribution in [-0.2, 0) is 16.6 Å². The lowest BCUT2D eigenvalue weighted by molar-refractivity contribution is 0.0616. The number of carbonyl (C=O) groups excluding carboxylic acids is 1. The van der Waals surface area contributed by atoms with Gasteiger partial charge >= 0.3 is 0 Å². The van der Waals surface area contributed by atoms with Crippen molar-refractivity contribution in [1.82, 2.24) is 24.9 Å². The molecule has 9 nitrogen and oxygen atoms in total. The Morgan fingerprint density at radius 1 is 1.05 bits per heavy atom. The number of fused-ring (bicyclic) bond motifs is 1. The van der Waals surface area contributed by atoms with Crippen molar-refractivity contribution < 1.29 is 13.2 Å². The maximum absolute atomic E-state index is 14.0. The van der Waals surface area contributed by atoms with E-state index in [1.165, 1.54) is 12.1 Å². The molecular weight excluding hydrogens is 572 g/mol. The van der Waals surface area contributed by atoms with E-state index < -0.39 is 10.0 Å². The maximum atomic E-state index is 14.0. The highest BCUT2D eigenvalue weighted by Gasteiger charge is 2.32. The molecule has 1 aliphatic heterocycles. The molecule has 3 heterocycles. The highest BCUT2D eigenvalue weighted by atomic mass is 35.5. The van der Waals surface area contributed by atoms with Crippen LogP contribution in [0, 0.1) is 0 Å². The van der Waals surface area contributed by atoms with Crippen molar-refractivity contribution in [2.45, 2.75) is 43.2 Å². The molecular formula is C31H29ClN6O3S. The first-order valence-electron chi connectivity index (χ1n) is 13.6. The molecule has 3 aromatic carbocycles. The molecule has 1 saturated heterocycles. The number of aromatic nitrogens is 4. The Kier molecular flexibility index (Phi) is 7.53. The van der Waals surface area contributed by atoms with E-state index in [9.17, 15) is 13.2 Å². The fourth-order valence-corrected chi connectivity index (χ4v) is 6.21. The summed E-state index contributed by atoms with van der Waals surface area (Å²) in [5, 5.41) is 15.4. The molecule has 0 saturated carbocycles. The van der Waals surface area contributed by atoms with Crippen LogP contribution in [0.5, 0.6) is 0 Å². The molecule has 42 heavy (non-hydrogen) atoms. The second-order valence-corrected chi connectivity index (χ2v) is 12.7. The maximum Gasteiger partial charge on any atom is 0.254 e. The molecule has 6 rings (SSSR count). The van der Waals surface area contributed by atoms with Gasteiger partial charge in [-0.05, 0) is 61.7 Å². The second-order valence-electron chi connectivity index (χ2n) is 10.7. The van der Waals surface area contributed by atoms with Crippen LogP contribution in [0.15, 0.2) is 90.0 Å². The zero-order valence-corrected chi connectivity index (χ0v) is 24.5.